The van der Waals surface area contributed by atoms with Crippen LogP contribution < -0.4 is 5.32 Å². The molecule has 0 aromatic rings. The molecule has 0 spiro atoms. The fraction of sp³-hybridized carbons (Fsp3) is 0.947. The molecule has 0 aromatic carbocycles. The van der Waals surface area contributed by atoms with Crippen molar-refractivity contribution in [2.45, 2.75) is 32.1 Å². The van der Waals surface area contributed by atoms with Gasteiger partial charge in [-0.2, -0.15) is 0 Å². The van der Waals surface area contributed by atoms with Gasteiger partial charge in [-0.1, -0.05) is 0 Å². The quantitative estimate of drug-likeness (QED) is 0.838. The lowest BCUT2D eigenvalue weighted by atomic mass is 9.92. The van der Waals surface area contributed by atoms with Gasteiger partial charge in [0.1, 0.15) is 0 Å². The summed E-state index contributed by atoms with van der Waals surface area (Å²) in [5.74, 6) is 3.11. The van der Waals surface area contributed by atoms with Crippen LogP contribution in [0.2, 0.25) is 0 Å². The molecular weight excluding hydrogens is 302 g/mol. The molecule has 0 unspecified atom stereocenters. The third kappa shape index (κ3) is 3.94. The molecule has 2 atom stereocenters. The number of nitrogens with one attached hydrogen (secondary N) is 1. The first-order chi connectivity index (χ1) is 11.8. The number of carbonyl (C=O) groups is 1. The van der Waals surface area contributed by atoms with Crippen LogP contribution in [-0.4, -0.2) is 74.7 Å². The molecule has 4 fully saturated rings. The Hall–Kier alpha value is -0.650. The molecule has 4 aliphatic rings. The number of hydrogen-bond acceptors (Lipinski definition) is 4. The van der Waals surface area contributed by atoms with Gasteiger partial charge in [-0.15, -0.1) is 0 Å². The molecule has 0 bridgehead atoms. The van der Waals surface area contributed by atoms with Crippen molar-refractivity contribution in [3.8, 4) is 0 Å². The van der Waals surface area contributed by atoms with Crippen molar-refractivity contribution in [2.75, 3.05) is 59.0 Å². The van der Waals surface area contributed by atoms with Crippen LogP contribution in [0, 0.1) is 23.7 Å². The minimum Gasteiger partial charge on any atom is -0.381 e. The highest BCUT2D eigenvalue weighted by atomic mass is 16.5. The lowest BCUT2D eigenvalue weighted by Crippen LogP contribution is -2.50. The lowest BCUT2D eigenvalue weighted by molar-refractivity contribution is -0.135. The largest absolute Gasteiger partial charge is 0.381 e. The monoisotopic (exact) mass is 335 g/mol. The Labute approximate surface area is 146 Å². The summed E-state index contributed by atoms with van der Waals surface area (Å²) in [4.78, 5) is 17.5. The second-order valence-electron chi connectivity index (χ2n) is 8.28. The van der Waals surface area contributed by atoms with E-state index in [2.05, 4.69) is 15.1 Å². The molecule has 1 N–H and O–H groups in total. The number of carbonyl (C=O) groups excluding carboxylic acids is 1. The average Bonchev–Trinajstić information content (AvgIpc) is 3.44. The summed E-state index contributed by atoms with van der Waals surface area (Å²) in [5.41, 5.74) is 0. The molecule has 3 aliphatic heterocycles. The Morgan fingerprint density at radius 2 is 1.71 bits per heavy atom. The summed E-state index contributed by atoms with van der Waals surface area (Å²) in [6.07, 6.45) is 6.12. The van der Waals surface area contributed by atoms with Crippen molar-refractivity contribution in [1.29, 1.82) is 0 Å². The first-order valence-electron chi connectivity index (χ1n) is 10.1. The van der Waals surface area contributed by atoms with E-state index in [-0.39, 0.29) is 0 Å². The van der Waals surface area contributed by atoms with E-state index in [1.165, 1.54) is 32.2 Å². The van der Waals surface area contributed by atoms with E-state index < -0.39 is 0 Å². The molecule has 5 nitrogen and oxygen atoms in total. The fourth-order valence-electron chi connectivity index (χ4n) is 4.97. The highest BCUT2D eigenvalue weighted by Gasteiger charge is 2.49. The first kappa shape index (κ1) is 16.8. The molecule has 0 aromatic heterocycles. The summed E-state index contributed by atoms with van der Waals surface area (Å²) in [6.45, 7) is 9.37. The predicted octanol–water partition coefficient (Wildman–Crippen LogP) is 1.19. The van der Waals surface area contributed by atoms with Gasteiger partial charge in [0.05, 0.1) is 0 Å². The van der Waals surface area contributed by atoms with Gasteiger partial charge in [0.2, 0.25) is 5.91 Å². The molecule has 5 heteroatoms. The fourth-order valence-corrected chi connectivity index (χ4v) is 4.97. The normalized spacial score (nSPS) is 33.6. The zero-order valence-electron chi connectivity index (χ0n) is 14.9. The first-order valence-corrected chi connectivity index (χ1v) is 10.1. The van der Waals surface area contributed by atoms with E-state index in [1.807, 2.05) is 0 Å². The Bertz CT molecular complexity index is 424. The van der Waals surface area contributed by atoms with Crippen molar-refractivity contribution in [1.82, 2.24) is 15.1 Å². The van der Waals surface area contributed by atoms with E-state index in [0.717, 1.165) is 70.7 Å². The van der Waals surface area contributed by atoms with Gasteiger partial charge in [-0.05, 0) is 62.9 Å². The predicted molar refractivity (Wildman–Crippen MR) is 93.8 cm³/mol. The van der Waals surface area contributed by atoms with Crippen LogP contribution in [-0.2, 0) is 9.53 Å². The number of piperidine rings is 1. The molecule has 24 heavy (non-hydrogen) atoms. The van der Waals surface area contributed by atoms with Gasteiger partial charge >= 0.3 is 0 Å². The van der Waals surface area contributed by atoms with E-state index in [0.29, 0.717) is 17.7 Å². The number of hydrogen-bond donors (Lipinski definition) is 1. The molecule has 136 valence electrons. The Kier molecular flexibility index (Phi) is 5.40. The Balaban J connectivity index is 1.19. The van der Waals surface area contributed by atoms with Crippen molar-refractivity contribution in [3.63, 3.8) is 0 Å². The smallest absolute Gasteiger partial charge is 0.226 e. The molecule has 1 saturated carbocycles. The topological polar surface area (TPSA) is 44.8 Å². The Morgan fingerprint density at radius 1 is 1.00 bits per heavy atom. The number of piperazine rings is 1. The van der Waals surface area contributed by atoms with Gasteiger partial charge < -0.3 is 15.0 Å². The molecular formula is C19H33N3O2. The zero-order chi connectivity index (χ0) is 16.4. The molecule has 0 radical (unpaired) electrons. The van der Waals surface area contributed by atoms with Crippen LogP contribution in [0.1, 0.15) is 32.1 Å². The SMILES string of the molecule is O=C([C@@H]1C[C@H]1C1CCNCC1)N1CCN(CC2CCOCC2)CC1. The average molecular weight is 335 g/mol. The van der Waals surface area contributed by atoms with Gasteiger partial charge in [-0.25, -0.2) is 0 Å². The van der Waals surface area contributed by atoms with E-state index >= 15 is 0 Å². The zero-order valence-corrected chi connectivity index (χ0v) is 14.9. The third-order valence-corrected chi connectivity index (χ3v) is 6.69. The lowest BCUT2D eigenvalue weighted by Gasteiger charge is -2.37. The highest BCUT2D eigenvalue weighted by Crippen LogP contribution is 2.48. The number of rotatable bonds is 4. The van der Waals surface area contributed by atoms with Crippen molar-refractivity contribution >= 4 is 5.91 Å². The van der Waals surface area contributed by atoms with Crippen molar-refractivity contribution in [3.05, 3.63) is 0 Å². The van der Waals surface area contributed by atoms with E-state index in [9.17, 15) is 4.79 Å². The van der Waals surface area contributed by atoms with Crippen LogP contribution in [0.5, 0.6) is 0 Å². The molecule has 4 rings (SSSR count). The number of amides is 1. The van der Waals surface area contributed by atoms with Crippen LogP contribution in [0.4, 0.5) is 0 Å². The third-order valence-electron chi connectivity index (χ3n) is 6.69. The Morgan fingerprint density at radius 3 is 2.42 bits per heavy atom. The highest BCUT2D eigenvalue weighted by molar-refractivity contribution is 5.81. The summed E-state index contributed by atoms with van der Waals surface area (Å²) < 4.78 is 5.46. The maximum Gasteiger partial charge on any atom is 0.226 e. The molecule has 1 amide bonds. The minimum absolute atomic E-state index is 0.357. The summed E-state index contributed by atoms with van der Waals surface area (Å²) >= 11 is 0. The minimum atomic E-state index is 0.357. The maximum atomic E-state index is 12.8. The maximum absolute atomic E-state index is 12.8. The standard InChI is InChI=1S/C19H33N3O2/c23-19(18-13-17(18)16-1-5-20-6-2-16)22-9-7-21(8-10-22)14-15-3-11-24-12-4-15/h15-18,20H,1-14H2/t17-,18+/m0/s1. The van der Waals surface area contributed by atoms with E-state index in [4.69, 9.17) is 4.74 Å². The molecule has 3 heterocycles. The summed E-state index contributed by atoms with van der Waals surface area (Å²) in [7, 11) is 0. The number of ether oxygens (including phenoxy) is 1. The second kappa shape index (κ2) is 7.71. The van der Waals surface area contributed by atoms with Gasteiger partial charge in [0.15, 0.2) is 0 Å². The van der Waals surface area contributed by atoms with Gasteiger partial charge in [0.25, 0.3) is 0 Å². The molecule has 1 aliphatic carbocycles. The van der Waals surface area contributed by atoms with Gasteiger partial charge in [0, 0.05) is 51.9 Å². The second-order valence-corrected chi connectivity index (χ2v) is 8.28. The van der Waals surface area contributed by atoms with Crippen molar-refractivity contribution < 1.29 is 9.53 Å². The summed E-state index contributed by atoms with van der Waals surface area (Å²) in [6, 6.07) is 0. The van der Waals surface area contributed by atoms with Crippen LogP contribution in [0.25, 0.3) is 0 Å². The van der Waals surface area contributed by atoms with Crippen LogP contribution >= 0.6 is 0 Å². The number of nitrogens with zero attached hydrogens (tertiary/aromatic N) is 2. The molecule has 3 saturated heterocycles. The van der Waals surface area contributed by atoms with E-state index in [1.54, 1.807) is 0 Å². The summed E-state index contributed by atoms with van der Waals surface area (Å²) in [5, 5.41) is 3.43. The van der Waals surface area contributed by atoms with Gasteiger partial charge in [-0.3, -0.25) is 9.69 Å². The van der Waals surface area contributed by atoms with Crippen LogP contribution in [0.15, 0.2) is 0 Å². The van der Waals surface area contributed by atoms with Crippen LogP contribution in [0.3, 0.4) is 0 Å². The van der Waals surface area contributed by atoms with Crippen molar-refractivity contribution in [2.24, 2.45) is 23.7 Å².